The molecule has 0 aliphatic carbocycles. The number of nitrogens with one attached hydrogen (secondary N) is 3. The Hall–Kier alpha value is -2.61. The van der Waals surface area contributed by atoms with E-state index in [0.29, 0.717) is 5.75 Å². The van der Waals surface area contributed by atoms with E-state index in [4.69, 9.17) is 4.74 Å². The minimum absolute atomic E-state index is 0.165. The molecule has 2 atom stereocenters. The Morgan fingerprint density at radius 3 is 2.56 bits per heavy atom. The summed E-state index contributed by atoms with van der Waals surface area (Å²) in [7, 11) is 0. The van der Waals surface area contributed by atoms with Gasteiger partial charge in [-0.1, -0.05) is 26.0 Å². The molecule has 25 heavy (non-hydrogen) atoms. The second-order valence-electron chi connectivity index (χ2n) is 6.07. The molecule has 1 aliphatic heterocycles. The molecule has 0 saturated carbocycles. The van der Waals surface area contributed by atoms with Crippen molar-refractivity contribution in [2.75, 3.05) is 19.8 Å². The van der Waals surface area contributed by atoms with Gasteiger partial charge >= 0.3 is 0 Å². The van der Waals surface area contributed by atoms with Crippen LogP contribution in [0.2, 0.25) is 0 Å². The van der Waals surface area contributed by atoms with E-state index >= 15 is 0 Å². The first-order chi connectivity index (χ1) is 11.9. The number of hydrogen-bond donors (Lipinski definition) is 4. The maximum Gasteiger partial charge on any atom is 0.255 e. The average molecular weight is 349 g/mol. The molecule has 0 spiro atoms. The summed E-state index contributed by atoms with van der Waals surface area (Å²) in [4.78, 5) is 37.1. The fraction of sp³-hybridized carbons (Fsp3) is 0.471. The van der Waals surface area contributed by atoms with Gasteiger partial charge in [0.2, 0.25) is 11.8 Å². The number of hydrogen-bond acceptors (Lipinski definition) is 5. The van der Waals surface area contributed by atoms with E-state index < -0.39 is 30.5 Å². The largest absolute Gasteiger partial charge is 0.491 e. The van der Waals surface area contributed by atoms with Crippen LogP contribution in [0.4, 0.5) is 0 Å². The van der Waals surface area contributed by atoms with Gasteiger partial charge in [0.1, 0.15) is 24.4 Å². The van der Waals surface area contributed by atoms with Gasteiger partial charge in [-0.25, -0.2) is 0 Å². The molecule has 8 nitrogen and oxygen atoms in total. The predicted octanol–water partition coefficient (Wildman–Crippen LogP) is -0.573. The SMILES string of the molecule is CC(C)[C@H]1NC(=O)[C@H](CO)NC(=O)c2ccccc2OCCNC1=O. The molecular formula is C17H23N3O5. The van der Waals surface area contributed by atoms with Crippen LogP contribution in [0, 0.1) is 5.92 Å². The number of fused-ring (bicyclic) bond motifs is 1. The highest BCUT2D eigenvalue weighted by Crippen LogP contribution is 2.18. The lowest BCUT2D eigenvalue weighted by molar-refractivity contribution is -0.131. The first-order valence-corrected chi connectivity index (χ1v) is 8.15. The standard InChI is InChI=1S/C17H23N3O5/c1-10(2)14-17(24)18-7-8-25-13-6-4-3-5-11(13)15(22)19-12(9-21)16(23)20-14/h3-6,10,12,14,21H,7-9H2,1-2H3,(H,18,24)(H,19,22)(H,20,23)/t12-,14+/m0/s1. The van der Waals surface area contributed by atoms with Crippen LogP contribution in [0.5, 0.6) is 5.75 Å². The zero-order valence-corrected chi connectivity index (χ0v) is 14.2. The van der Waals surface area contributed by atoms with Crippen molar-refractivity contribution >= 4 is 17.7 Å². The van der Waals surface area contributed by atoms with E-state index in [0.717, 1.165) is 0 Å². The van der Waals surface area contributed by atoms with Crippen LogP contribution >= 0.6 is 0 Å². The van der Waals surface area contributed by atoms with E-state index in [2.05, 4.69) is 16.0 Å². The number of carbonyl (C=O) groups excluding carboxylic acids is 3. The lowest BCUT2D eigenvalue weighted by Crippen LogP contribution is -2.56. The molecule has 1 aromatic carbocycles. The molecule has 136 valence electrons. The molecule has 0 unspecified atom stereocenters. The zero-order valence-electron chi connectivity index (χ0n) is 14.2. The number of amides is 3. The highest BCUT2D eigenvalue weighted by atomic mass is 16.5. The second-order valence-corrected chi connectivity index (χ2v) is 6.07. The summed E-state index contributed by atoms with van der Waals surface area (Å²) < 4.78 is 5.57. The van der Waals surface area contributed by atoms with E-state index in [-0.39, 0.29) is 30.5 Å². The predicted molar refractivity (Wildman–Crippen MR) is 90.1 cm³/mol. The maximum absolute atomic E-state index is 12.4. The summed E-state index contributed by atoms with van der Waals surface area (Å²) >= 11 is 0. The van der Waals surface area contributed by atoms with Gasteiger partial charge in [0.05, 0.1) is 18.7 Å². The van der Waals surface area contributed by atoms with Crippen LogP contribution in [0.15, 0.2) is 24.3 Å². The number of rotatable bonds is 2. The number of aliphatic hydroxyl groups is 1. The van der Waals surface area contributed by atoms with Crippen LogP contribution in [-0.2, 0) is 9.59 Å². The minimum atomic E-state index is -1.17. The number of ether oxygens (including phenoxy) is 1. The monoisotopic (exact) mass is 349 g/mol. The number of benzene rings is 1. The average Bonchev–Trinajstić information content (AvgIpc) is 2.60. The van der Waals surface area contributed by atoms with Crippen molar-refractivity contribution in [3.8, 4) is 5.75 Å². The van der Waals surface area contributed by atoms with Gasteiger partial charge in [-0.05, 0) is 18.1 Å². The van der Waals surface area contributed by atoms with Crippen molar-refractivity contribution in [1.29, 1.82) is 0 Å². The molecule has 1 aliphatic rings. The van der Waals surface area contributed by atoms with Crippen molar-refractivity contribution < 1.29 is 24.2 Å². The van der Waals surface area contributed by atoms with Crippen molar-refractivity contribution in [2.45, 2.75) is 25.9 Å². The highest BCUT2D eigenvalue weighted by Gasteiger charge is 2.29. The van der Waals surface area contributed by atoms with Gasteiger partial charge in [0.15, 0.2) is 0 Å². The molecule has 0 saturated heterocycles. The summed E-state index contributed by atoms with van der Waals surface area (Å²) in [6, 6.07) is 4.63. The molecule has 2 rings (SSSR count). The third-order valence-corrected chi connectivity index (χ3v) is 3.84. The zero-order chi connectivity index (χ0) is 18.4. The van der Waals surface area contributed by atoms with Crippen molar-refractivity contribution in [2.24, 2.45) is 5.92 Å². The van der Waals surface area contributed by atoms with Gasteiger partial charge in [-0.3, -0.25) is 14.4 Å². The fourth-order valence-electron chi connectivity index (χ4n) is 2.44. The Balaban J connectivity index is 2.30. The summed E-state index contributed by atoms with van der Waals surface area (Å²) in [6.07, 6.45) is 0. The number of para-hydroxylation sites is 1. The van der Waals surface area contributed by atoms with Gasteiger partial charge in [-0.15, -0.1) is 0 Å². The van der Waals surface area contributed by atoms with Gasteiger partial charge in [0.25, 0.3) is 5.91 Å². The van der Waals surface area contributed by atoms with Crippen LogP contribution in [0.1, 0.15) is 24.2 Å². The lowest BCUT2D eigenvalue weighted by atomic mass is 10.0. The molecule has 0 aromatic heterocycles. The Kier molecular flexibility index (Phi) is 6.35. The fourth-order valence-corrected chi connectivity index (χ4v) is 2.44. The Labute approximate surface area is 145 Å². The third kappa shape index (κ3) is 4.69. The highest BCUT2D eigenvalue weighted by molar-refractivity contribution is 6.00. The second kappa shape index (κ2) is 8.48. The van der Waals surface area contributed by atoms with Crippen LogP contribution < -0.4 is 20.7 Å². The smallest absolute Gasteiger partial charge is 0.255 e. The molecule has 1 aromatic rings. The van der Waals surface area contributed by atoms with Gasteiger partial charge in [-0.2, -0.15) is 0 Å². The summed E-state index contributed by atoms with van der Waals surface area (Å²) in [5.41, 5.74) is 0.250. The van der Waals surface area contributed by atoms with Crippen molar-refractivity contribution in [1.82, 2.24) is 16.0 Å². The molecule has 4 N–H and O–H groups in total. The van der Waals surface area contributed by atoms with E-state index in [1.165, 1.54) is 0 Å². The van der Waals surface area contributed by atoms with Crippen molar-refractivity contribution in [3.63, 3.8) is 0 Å². The van der Waals surface area contributed by atoms with Crippen LogP contribution in [-0.4, -0.2) is 54.7 Å². The third-order valence-electron chi connectivity index (χ3n) is 3.84. The maximum atomic E-state index is 12.4. The number of carbonyl (C=O) groups is 3. The summed E-state index contributed by atoms with van der Waals surface area (Å²) in [5, 5.41) is 17.2. The molecule has 3 amide bonds. The topological polar surface area (TPSA) is 117 Å². The Morgan fingerprint density at radius 2 is 1.88 bits per heavy atom. The first kappa shape index (κ1) is 18.7. The Bertz CT molecular complexity index is 647. The van der Waals surface area contributed by atoms with Crippen molar-refractivity contribution in [3.05, 3.63) is 29.8 Å². The van der Waals surface area contributed by atoms with E-state index in [9.17, 15) is 19.5 Å². The first-order valence-electron chi connectivity index (χ1n) is 8.15. The molecule has 0 fully saturated rings. The molecule has 0 radical (unpaired) electrons. The minimum Gasteiger partial charge on any atom is -0.491 e. The number of aliphatic hydroxyl groups excluding tert-OH is 1. The van der Waals surface area contributed by atoms with Gasteiger partial charge in [0, 0.05) is 0 Å². The Morgan fingerprint density at radius 1 is 1.16 bits per heavy atom. The normalized spacial score (nSPS) is 22.3. The molecule has 8 heteroatoms. The summed E-state index contributed by atoms with van der Waals surface area (Å²) in [6.45, 7) is 3.41. The summed E-state index contributed by atoms with van der Waals surface area (Å²) in [5.74, 6) is -1.33. The van der Waals surface area contributed by atoms with Gasteiger partial charge < -0.3 is 25.8 Å². The van der Waals surface area contributed by atoms with E-state index in [1.807, 2.05) is 0 Å². The van der Waals surface area contributed by atoms with E-state index in [1.54, 1.807) is 38.1 Å². The van der Waals surface area contributed by atoms with Crippen LogP contribution in [0.25, 0.3) is 0 Å². The molecule has 0 bridgehead atoms. The lowest BCUT2D eigenvalue weighted by Gasteiger charge is -2.24. The molecule has 1 heterocycles. The molecular weight excluding hydrogens is 326 g/mol. The quantitative estimate of drug-likeness (QED) is 0.570. The van der Waals surface area contributed by atoms with Crippen LogP contribution in [0.3, 0.4) is 0 Å².